The number of halogens is 3. The third kappa shape index (κ3) is 6.96. The predicted molar refractivity (Wildman–Crippen MR) is 272 cm³/mol. The molecule has 9 heteroatoms. The molecule has 0 unspecified atom stereocenters. The highest BCUT2D eigenvalue weighted by Crippen LogP contribution is 2.46. The highest BCUT2D eigenvalue weighted by Gasteiger charge is 2.33. The van der Waals surface area contributed by atoms with Crippen LogP contribution in [0.25, 0.3) is 111 Å². The Kier molecular flexibility index (Phi) is 9.94. The molecule has 0 N–H and O–H groups in total. The summed E-state index contributed by atoms with van der Waals surface area (Å²) in [6, 6.07) is 67.4. The van der Waals surface area contributed by atoms with E-state index in [9.17, 15) is 23.7 Å². The lowest BCUT2D eigenvalue weighted by atomic mass is 9.94. The summed E-state index contributed by atoms with van der Waals surface area (Å²) in [6.07, 6.45) is -1.21. The SMILES string of the molecule is N#Cc1cc(-c2c(-n3c4ccccc4c4cc(-c5cccnc5-c5ccccc5)ccc43)cc(C#N)cc2-n2c3ccccc3c3cc(-c4cccnc4-c4ccccc4)ccc32)cc(C(F)(F)F)c1. The average molecular weight is 909 g/mol. The van der Waals surface area contributed by atoms with Gasteiger partial charge in [-0.15, -0.1) is 0 Å². The Morgan fingerprint density at radius 1 is 0.386 bits per heavy atom. The number of benzene rings is 8. The molecule has 6 nitrogen and oxygen atoms in total. The van der Waals surface area contributed by atoms with Gasteiger partial charge in [0.05, 0.1) is 73.7 Å². The average Bonchev–Trinajstić information content (AvgIpc) is 3.92. The standard InChI is InChI=1S/C61H35F3N6/c62-61(63,64)45-30-38(36-65)29-44(33-45)58-56(69-52-21-9-7-17-48(52)50-34-42(23-25-54(50)69)46-19-11-27-67-59(46)40-13-3-1-4-14-40)31-39(37-66)32-57(58)70-53-22-10-8-18-49(53)51-35-43(24-26-55(51)70)47-20-12-28-68-60(47)41-15-5-2-6-16-41/h1-35H. The number of nitriles is 2. The molecule has 8 aromatic carbocycles. The van der Waals surface area contributed by atoms with Gasteiger partial charge in [-0.1, -0.05) is 121 Å². The zero-order valence-corrected chi connectivity index (χ0v) is 37.0. The minimum atomic E-state index is -4.77. The second-order valence-electron chi connectivity index (χ2n) is 17.1. The van der Waals surface area contributed by atoms with Crippen molar-refractivity contribution in [2.24, 2.45) is 0 Å². The minimum absolute atomic E-state index is 0.152. The van der Waals surface area contributed by atoms with Crippen molar-refractivity contribution in [2.45, 2.75) is 6.18 Å². The van der Waals surface area contributed by atoms with E-state index in [2.05, 4.69) is 18.2 Å². The summed E-state index contributed by atoms with van der Waals surface area (Å²) in [5, 5.41) is 24.8. The smallest absolute Gasteiger partial charge is 0.308 e. The molecule has 0 aliphatic rings. The molecule has 0 saturated heterocycles. The van der Waals surface area contributed by atoms with Crippen LogP contribution in [0.3, 0.4) is 0 Å². The summed E-state index contributed by atoms with van der Waals surface area (Å²) in [4.78, 5) is 9.59. The Balaban J connectivity index is 1.17. The number of pyridine rings is 2. The number of aromatic nitrogens is 4. The molecule has 0 atom stereocenters. The third-order valence-electron chi connectivity index (χ3n) is 13.1. The van der Waals surface area contributed by atoms with Crippen molar-refractivity contribution in [2.75, 3.05) is 0 Å². The number of fused-ring (bicyclic) bond motifs is 6. The van der Waals surface area contributed by atoms with Gasteiger partial charge in [0.15, 0.2) is 0 Å². The van der Waals surface area contributed by atoms with Gasteiger partial charge in [0.2, 0.25) is 0 Å². The number of hydrogen-bond donors (Lipinski definition) is 0. The second kappa shape index (κ2) is 16.6. The summed E-state index contributed by atoms with van der Waals surface area (Å²) in [6.45, 7) is 0. The molecule has 0 spiro atoms. The lowest BCUT2D eigenvalue weighted by Crippen LogP contribution is -2.08. The molecular formula is C61H35F3N6. The summed E-state index contributed by atoms with van der Waals surface area (Å²) in [5.41, 5.74) is 11.1. The monoisotopic (exact) mass is 908 g/mol. The Morgan fingerprint density at radius 2 is 0.829 bits per heavy atom. The van der Waals surface area contributed by atoms with Gasteiger partial charge in [0, 0.05) is 61.8 Å². The summed E-state index contributed by atoms with van der Waals surface area (Å²) in [5.74, 6) is 0. The molecular weight excluding hydrogens is 874 g/mol. The first-order valence-corrected chi connectivity index (χ1v) is 22.6. The first kappa shape index (κ1) is 41.8. The van der Waals surface area contributed by atoms with Crippen molar-refractivity contribution < 1.29 is 13.2 Å². The molecule has 4 heterocycles. The van der Waals surface area contributed by atoms with E-state index < -0.39 is 11.7 Å². The lowest BCUT2D eigenvalue weighted by Gasteiger charge is -2.22. The Hall–Kier alpha value is -9.57. The van der Waals surface area contributed by atoms with Crippen LogP contribution in [0.5, 0.6) is 0 Å². The van der Waals surface area contributed by atoms with Crippen LogP contribution in [0, 0.1) is 22.7 Å². The van der Waals surface area contributed by atoms with Crippen LogP contribution >= 0.6 is 0 Å². The number of rotatable bonds is 7. The van der Waals surface area contributed by atoms with Crippen molar-refractivity contribution in [3.05, 3.63) is 229 Å². The number of alkyl halides is 3. The van der Waals surface area contributed by atoms with E-state index in [0.29, 0.717) is 16.9 Å². The second-order valence-corrected chi connectivity index (χ2v) is 17.1. The molecule has 12 rings (SSSR count). The van der Waals surface area contributed by atoms with Gasteiger partial charge < -0.3 is 9.13 Å². The van der Waals surface area contributed by atoms with Crippen molar-refractivity contribution in [3.8, 4) is 79.4 Å². The fourth-order valence-corrected chi connectivity index (χ4v) is 10.1. The molecule has 0 radical (unpaired) electrons. The van der Waals surface area contributed by atoms with Crippen LogP contribution in [0.1, 0.15) is 16.7 Å². The number of nitrogens with zero attached hydrogens (tertiary/aromatic N) is 6. The van der Waals surface area contributed by atoms with Gasteiger partial charge in [-0.3, -0.25) is 9.97 Å². The molecule has 0 bridgehead atoms. The molecule has 12 aromatic rings. The van der Waals surface area contributed by atoms with E-state index in [1.54, 1.807) is 24.5 Å². The van der Waals surface area contributed by atoms with E-state index in [1.165, 1.54) is 6.07 Å². The normalized spacial score (nSPS) is 11.6. The minimum Gasteiger partial charge on any atom is -0.308 e. The van der Waals surface area contributed by atoms with Crippen molar-refractivity contribution >= 4 is 43.6 Å². The maximum atomic E-state index is 15.0. The maximum absolute atomic E-state index is 15.0. The Labute approximate surface area is 399 Å². The predicted octanol–water partition coefficient (Wildman–Crippen LogP) is 15.8. The third-order valence-corrected chi connectivity index (χ3v) is 13.1. The Bertz CT molecular complexity index is 3920. The molecule has 0 fully saturated rings. The number of hydrogen-bond acceptors (Lipinski definition) is 4. The van der Waals surface area contributed by atoms with Gasteiger partial charge in [0.25, 0.3) is 0 Å². The summed E-state index contributed by atoms with van der Waals surface area (Å²) in [7, 11) is 0. The lowest BCUT2D eigenvalue weighted by molar-refractivity contribution is -0.137. The van der Waals surface area contributed by atoms with Crippen molar-refractivity contribution in [1.29, 1.82) is 10.5 Å². The van der Waals surface area contributed by atoms with Gasteiger partial charge in [-0.2, -0.15) is 23.7 Å². The maximum Gasteiger partial charge on any atom is 0.416 e. The van der Waals surface area contributed by atoms with E-state index in [4.69, 9.17) is 9.97 Å². The zero-order valence-electron chi connectivity index (χ0n) is 37.0. The van der Waals surface area contributed by atoms with Crippen LogP contribution in [-0.4, -0.2) is 19.1 Å². The van der Waals surface area contributed by atoms with E-state index >= 15 is 0 Å². The van der Waals surface area contributed by atoms with Crippen LogP contribution in [0.4, 0.5) is 13.2 Å². The highest BCUT2D eigenvalue weighted by atomic mass is 19.4. The van der Waals surface area contributed by atoms with Crippen molar-refractivity contribution in [3.63, 3.8) is 0 Å². The summed E-state index contributed by atoms with van der Waals surface area (Å²) < 4.78 is 48.9. The molecule has 4 aromatic heterocycles. The topological polar surface area (TPSA) is 83.2 Å². The largest absolute Gasteiger partial charge is 0.416 e. The first-order valence-electron chi connectivity index (χ1n) is 22.6. The summed E-state index contributed by atoms with van der Waals surface area (Å²) >= 11 is 0. The Morgan fingerprint density at radius 3 is 1.30 bits per heavy atom. The first-order chi connectivity index (χ1) is 34.3. The van der Waals surface area contributed by atoms with Crippen molar-refractivity contribution in [1.82, 2.24) is 19.1 Å². The molecule has 330 valence electrons. The highest BCUT2D eigenvalue weighted by molar-refractivity contribution is 6.13. The molecule has 0 saturated carbocycles. The fraction of sp³-hybridized carbons (Fsp3) is 0.0164. The molecule has 0 aliphatic heterocycles. The van der Waals surface area contributed by atoms with Gasteiger partial charge >= 0.3 is 6.18 Å². The van der Waals surface area contributed by atoms with Gasteiger partial charge in [-0.05, 0) is 95.6 Å². The van der Waals surface area contributed by atoms with E-state index in [-0.39, 0.29) is 16.7 Å². The van der Waals surface area contributed by atoms with Gasteiger partial charge in [0.1, 0.15) is 0 Å². The van der Waals surface area contributed by atoms with E-state index in [0.717, 1.165) is 101 Å². The van der Waals surface area contributed by atoms with Crippen LogP contribution in [0.15, 0.2) is 213 Å². The van der Waals surface area contributed by atoms with Crippen LogP contribution in [-0.2, 0) is 6.18 Å². The number of para-hydroxylation sites is 2. The fourth-order valence-electron chi connectivity index (χ4n) is 10.1. The van der Waals surface area contributed by atoms with E-state index in [1.807, 2.05) is 173 Å². The van der Waals surface area contributed by atoms with Gasteiger partial charge in [-0.25, -0.2) is 0 Å². The quantitative estimate of drug-likeness (QED) is 0.159. The molecule has 70 heavy (non-hydrogen) atoms. The van der Waals surface area contributed by atoms with Crippen LogP contribution < -0.4 is 0 Å². The molecule has 0 aliphatic carbocycles. The zero-order chi connectivity index (χ0) is 47.5. The molecule has 0 amide bonds. The van der Waals surface area contributed by atoms with Crippen LogP contribution in [0.2, 0.25) is 0 Å².